The number of hydrogen-bond donors (Lipinski definition) is 1. The van der Waals surface area contributed by atoms with Crippen molar-refractivity contribution < 1.29 is 14.6 Å². The second kappa shape index (κ2) is 3.72. The van der Waals surface area contributed by atoms with Crippen LogP contribution in [0.1, 0.15) is 25.7 Å². The number of carbonyl (C=O) groups is 1. The second-order valence-corrected chi connectivity index (χ2v) is 3.11. The molecule has 1 fully saturated rings. The lowest BCUT2D eigenvalue weighted by molar-refractivity contribution is -0.141. The van der Waals surface area contributed by atoms with Crippen molar-refractivity contribution in [2.75, 3.05) is 7.11 Å². The Morgan fingerprint density at radius 1 is 1.64 bits per heavy atom. The van der Waals surface area contributed by atoms with E-state index in [-0.39, 0.29) is 12.1 Å². The maximum Gasteiger partial charge on any atom is 0.305 e. The van der Waals surface area contributed by atoms with Gasteiger partial charge in [-0.15, -0.1) is 0 Å². The van der Waals surface area contributed by atoms with Gasteiger partial charge in [-0.1, -0.05) is 0 Å². The molecule has 0 radical (unpaired) electrons. The van der Waals surface area contributed by atoms with Crippen molar-refractivity contribution in [3.8, 4) is 0 Å². The molecule has 1 aliphatic rings. The molecular weight excluding hydrogens is 144 g/mol. The first-order chi connectivity index (χ1) is 5.22. The summed E-state index contributed by atoms with van der Waals surface area (Å²) in [6, 6.07) is 0. The van der Waals surface area contributed by atoms with Crippen LogP contribution in [0.2, 0.25) is 0 Å². The van der Waals surface area contributed by atoms with E-state index in [1.807, 2.05) is 0 Å². The zero-order chi connectivity index (χ0) is 8.27. The van der Waals surface area contributed by atoms with Gasteiger partial charge in [0, 0.05) is 6.42 Å². The van der Waals surface area contributed by atoms with Crippen molar-refractivity contribution in [3.63, 3.8) is 0 Å². The zero-order valence-corrected chi connectivity index (χ0v) is 6.75. The van der Waals surface area contributed by atoms with Gasteiger partial charge in [0.1, 0.15) is 0 Å². The summed E-state index contributed by atoms with van der Waals surface area (Å²) in [5, 5.41) is 9.13. The Hall–Kier alpha value is -0.570. The van der Waals surface area contributed by atoms with Crippen LogP contribution in [-0.4, -0.2) is 24.3 Å². The molecule has 3 heteroatoms. The fourth-order valence-corrected chi connectivity index (χ4v) is 1.55. The van der Waals surface area contributed by atoms with Crippen LogP contribution in [0, 0.1) is 5.92 Å². The molecule has 1 aliphatic carbocycles. The molecule has 0 saturated heterocycles. The van der Waals surface area contributed by atoms with Crippen molar-refractivity contribution in [2.24, 2.45) is 5.92 Å². The molecule has 1 rings (SSSR count). The first-order valence-electron chi connectivity index (χ1n) is 3.97. The minimum Gasteiger partial charge on any atom is -0.469 e. The molecular formula is C8H14O3. The molecule has 3 nitrogen and oxygen atoms in total. The van der Waals surface area contributed by atoms with Gasteiger partial charge in [0.2, 0.25) is 0 Å². The summed E-state index contributed by atoms with van der Waals surface area (Å²) < 4.78 is 4.53. The van der Waals surface area contributed by atoms with Crippen molar-refractivity contribution >= 4 is 5.97 Å². The number of aliphatic hydroxyl groups excluding tert-OH is 1. The lowest BCUT2D eigenvalue weighted by Gasteiger charge is -2.05. The molecule has 2 atom stereocenters. The Labute approximate surface area is 66.4 Å². The van der Waals surface area contributed by atoms with Crippen molar-refractivity contribution in [2.45, 2.75) is 31.8 Å². The van der Waals surface area contributed by atoms with Gasteiger partial charge in [0.15, 0.2) is 0 Å². The molecule has 0 unspecified atom stereocenters. The highest BCUT2D eigenvalue weighted by Gasteiger charge is 2.24. The van der Waals surface area contributed by atoms with E-state index in [1.54, 1.807) is 0 Å². The molecule has 0 bridgehead atoms. The maximum absolute atomic E-state index is 10.8. The fourth-order valence-electron chi connectivity index (χ4n) is 1.55. The van der Waals surface area contributed by atoms with Crippen LogP contribution in [0.15, 0.2) is 0 Å². The average molecular weight is 158 g/mol. The standard InChI is InChI=1S/C8H14O3/c1-11-8(10)5-6-2-3-7(9)4-6/h6-7,9H,2-5H2,1H3/t6-,7-/m0/s1. The Kier molecular flexibility index (Phi) is 2.88. The van der Waals surface area contributed by atoms with Gasteiger partial charge >= 0.3 is 5.97 Å². The van der Waals surface area contributed by atoms with E-state index in [4.69, 9.17) is 5.11 Å². The van der Waals surface area contributed by atoms with E-state index in [1.165, 1.54) is 7.11 Å². The largest absolute Gasteiger partial charge is 0.469 e. The molecule has 1 N–H and O–H groups in total. The summed E-state index contributed by atoms with van der Waals surface area (Å²) in [5.74, 6) is 0.182. The molecule has 0 spiro atoms. The first-order valence-corrected chi connectivity index (χ1v) is 3.97. The average Bonchev–Trinajstić information content (AvgIpc) is 2.35. The molecule has 11 heavy (non-hydrogen) atoms. The Balaban J connectivity index is 2.23. The van der Waals surface area contributed by atoms with Gasteiger partial charge < -0.3 is 9.84 Å². The van der Waals surface area contributed by atoms with Crippen molar-refractivity contribution in [1.29, 1.82) is 0 Å². The lowest BCUT2D eigenvalue weighted by Crippen LogP contribution is -2.08. The van der Waals surface area contributed by atoms with Crippen LogP contribution in [0.3, 0.4) is 0 Å². The smallest absolute Gasteiger partial charge is 0.305 e. The quantitative estimate of drug-likeness (QED) is 0.602. The van der Waals surface area contributed by atoms with Crippen molar-refractivity contribution in [3.05, 3.63) is 0 Å². The van der Waals surface area contributed by atoms with Crippen LogP contribution in [0.5, 0.6) is 0 Å². The number of ether oxygens (including phenoxy) is 1. The highest BCUT2D eigenvalue weighted by Crippen LogP contribution is 2.28. The van der Waals surface area contributed by atoms with Crippen LogP contribution in [0.25, 0.3) is 0 Å². The number of hydrogen-bond acceptors (Lipinski definition) is 3. The molecule has 0 aromatic carbocycles. The van der Waals surface area contributed by atoms with E-state index < -0.39 is 0 Å². The molecule has 0 aliphatic heterocycles. The molecule has 0 heterocycles. The van der Waals surface area contributed by atoms with Crippen LogP contribution in [-0.2, 0) is 9.53 Å². The van der Waals surface area contributed by atoms with Crippen LogP contribution in [0.4, 0.5) is 0 Å². The van der Waals surface area contributed by atoms with Gasteiger partial charge in [-0.2, -0.15) is 0 Å². The summed E-state index contributed by atoms with van der Waals surface area (Å²) in [5.41, 5.74) is 0. The summed E-state index contributed by atoms with van der Waals surface area (Å²) in [7, 11) is 1.40. The number of carbonyl (C=O) groups excluding carboxylic acids is 1. The predicted molar refractivity (Wildman–Crippen MR) is 40.0 cm³/mol. The van der Waals surface area contributed by atoms with Gasteiger partial charge in [0.25, 0.3) is 0 Å². The van der Waals surface area contributed by atoms with Gasteiger partial charge in [-0.25, -0.2) is 0 Å². The third kappa shape index (κ3) is 2.50. The Morgan fingerprint density at radius 2 is 2.36 bits per heavy atom. The predicted octanol–water partition coefficient (Wildman–Crippen LogP) is 0.710. The minimum atomic E-state index is -0.190. The third-order valence-corrected chi connectivity index (χ3v) is 2.20. The highest BCUT2D eigenvalue weighted by molar-refractivity contribution is 5.69. The lowest BCUT2D eigenvalue weighted by atomic mass is 10.0. The van der Waals surface area contributed by atoms with Gasteiger partial charge in [-0.3, -0.25) is 4.79 Å². The second-order valence-electron chi connectivity index (χ2n) is 3.11. The summed E-state index contributed by atoms with van der Waals surface area (Å²) >= 11 is 0. The number of rotatable bonds is 2. The van der Waals surface area contributed by atoms with Gasteiger partial charge in [-0.05, 0) is 25.2 Å². The number of aliphatic hydroxyl groups is 1. The SMILES string of the molecule is COC(=O)C[C@H]1CC[C@H](O)C1. The Morgan fingerprint density at radius 3 is 2.82 bits per heavy atom. The number of methoxy groups -OCH3 is 1. The first kappa shape index (κ1) is 8.53. The molecule has 0 amide bonds. The third-order valence-electron chi connectivity index (χ3n) is 2.20. The molecule has 0 aromatic rings. The Bertz CT molecular complexity index is 144. The van der Waals surface area contributed by atoms with E-state index in [0.717, 1.165) is 19.3 Å². The van der Waals surface area contributed by atoms with E-state index >= 15 is 0 Å². The monoisotopic (exact) mass is 158 g/mol. The van der Waals surface area contributed by atoms with Gasteiger partial charge in [0.05, 0.1) is 13.2 Å². The molecule has 1 saturated carbocycles. The minimum absolute atomic E-state index is 0.163. The number of esters is 1. The van der Waals surface area contributed by atoms with Crippen molar-refractivity contribution in [1.82, 2.24) is 0 Å². The molecule has 0 aromatic heterocycles. The van der Waals surface area contributed by atoms with E-state index in [9.17, 15) is 4.79 Å². The highest BCUT2D eigenvalue weighted by atomic mass is 16.5. The summed E-state index contributed by atoms with van der Waals surface area (Å²) in [6.45, 7) is 0. The van der Waals surface area contributed by atoms with Crippen LogP contribution < -0.4 is 0 Å². The topological polar surface area (TPSA) is 46.5 Å². The van der Waals surface area contributed by atoms with Crippen LogP contribution >= 0.6 is 0 Å². The maximum atomic E-state index is 10.8. The normalized spacial score (nSPS) is 30.4. The van der Waals surface area contributed by atoms with E-state index in [0.29, 0.717) is 12.3 Å². The fraction of sp³-hybridized carbons (Fsp3) is 0.875. The summed E-state index contributed by atoms with van der Waals surface area (Å²) in [6.07, 6.45) is 2.82. The summed E-state index contributed by atoms with van der Waals surface area (Å²) in [4.78, 5) is 10.8. The molecule has 64 valence electrons. The zero-order valence-electron chi connectivity index (χ0n) is 6.75. The van der Waals surface area contributed by atoms with E-state index in [2.05, 4.69) is 4.74 Å².